The van der Waals surface area contributed by atoms with E-state index in [1.807, 2.05) is 37.6 Å². The van der Waals surface area contributed by atoms with Crippen LogP contribution in [0.25, 0.3) is 0 Å². The van der Waals surface area contributed by atoms with Crippen molar-refractivity contribution in [3.05, 3.63) is 35.2 Å². The van der Waals surface area contributed by atoms with Crippen molar-refractivity contribution in [3.8, 4) is 0 Å². The van der Waals surface area contributed by atoms with Crippen molar-refractivity contribution in [2.24, 2.45) is 0 Å². The first-order valence-electron chi connectivity index (χ1n) is 8.52. The molecule has 0 saturated heterocycles. The number of rotatable bonds is 3. The van der Waals surface area contributed by atoms with Gasteiger partial charge in [0.15, 0.2) is 0 Å². The Kier molecular flexibility index (Phi) is 4.74. The Labute approximate surface area is 146 Å². The third-order valence-corrected chi connectivity index (χ3v) is 4.41. The Morgan fingerprint density at radius 2 is 2.08 bits per heavy atom. The molecular weight excluding hydrogens is 318 g/mol. The van der Waals surface area contributed by atoms with Gasteiger partial charge < -0.3 is 16.0 Å². The number of nitrogens with one attached hydrogen (secondary N) is 3. The van der Waals surface area contributed by atoms with E-state index >= 15 is 0 Å². The third kappa shape index (κ3) is 3.65. The molecule has 0 bridgehead atoms. The van der Waals surface area contributed by atoms with E-state index in [2.05, 4.69) is 21.0 Å². The monoisotopic (exact) mass is 341 g/mol. The molecule has 2 heterocycles. The number of nitrogens with zero attached hydrogens (tertiary/aromatic N) is 2. The van der Waals surface area contributed by atoms with E-state index in [1.165, 1.54) is 0 Å². The number of anilines is 3. The lowest BCUT2D eigenvalue weighted by molar-refractivity contribution is -0.116. The number of carbonyl (C=O) groups excluding carboxylic acids is 2. The van der Waals surface area contributed by atoms with Gasteiger partial charge in [0.1, 0.15) is 0 Å². The van der Waals surface area contributed by atoms with Gasteiger partial charge in [-0.3, -0.25) is 9.48 Å². The predicted molar refractivity (Wildman–Crippen MR) is 98.0 cm³/mol. The molecule has 0 aliphatic carbocycles. The maximum Gasteiger partial charge on any atom is 0.323 e. The van der Waals surface area contributed by atoms with Crippen LogP contribution in [-0.2, 0) is 17.8 Å². The molecule has 132 valence electrons. The molecule has 3 amide bonds. The highest BCUT2D eigenvalue weighted by atomic mass is 16.2. The van der Waals surface area contributed by atoms with Crippen molar-refractivity contribution in [1.29, 1.82) is 0 Å². The fraction of sp³-hybridized carbons (Fsp3) is 0.389. The molecule has 25 heavy (non-hydrogen) atoms. The van der Waals surface area contributed by atoms with Crippen molar-refractivity contribution in [2.45, 2.75) is 46.6 Å². The maximum absolute atomic E-state index is 12.3. The third-order valence-electron chi connectivity index (χ3n) is 4.41. The van der Waals surface area contributed by atoms with E-state index in [0.29, 0.717) is 12.1 Å². The first-order chi connectivity index (χ1) is 12.0. The van der Waals surface area contributed by atoms with E-state index in [4.69, 9.17) is 0 Å². The van der Waals surface area contributed by atoms with Gasteiger partial charge in [-0.05, 0) is 57.4 Å². The number of aryl methyl sites for hydroxylation is 3. The van der Waals surface area contributed by atoms with Gasteiger partial charge >= 0.3 is 6.03 Å². The molecular formula is C18H23N5O2. The molecule has 3 N–H and O–H groups in total. The molecule has 0 saturated carbocycles. The second-order valence-electron chi connectivity index (χ2n) is 6.21. The molecule has 1 aromatic heterocycles. The summed E-state index contributed by atoms with van der Waals surface area (Å²) in [6, 6.07) is 5.23. The molecule has 0 radical (unpaired) electrons. The predicted octanol–water partition coefficient (Wildman–Crippen LogP) is 3.44. The normalized spacial score (nSPS) is 13.6. The van der Waals surface area contributed by atoms with E-state index in [-0.39, 0.29) is 11.9 Å². The quantitative estimate of drug-likeness (QED) is 0.799. The number of fused-ring (bicyclic) bond motifs is 1. The number of carbonyl (C=O) groups is 2. The van der Waals surface area contributed by atoms with Gasteiger partial charge in [0.05, 0.1) is 17.1 Å². The Morgan fingerprint density at radius 3 is 2.80 bits per heavy atom. The van der Waals surface area contributed by atoms with E-state index in [9.17, 15) is 9.59 Å². The van der Waals surface area contributed by atoms with Crippen LogP contribution in [0.5, 0.6) is 0 Å². The molecule has 0 spiro atoms. The SMILES string of the molecule is CCn1nc(C)c(NC(=O)Nc2ccc3c(c2)CCCC(=O)N3)c1C. The molecule has 7 nitrogen and oxygen atoms in total. The number of amides is 3. The van der Waals surface area contributed by atoms with Gasteiger partial charge in [-0.2, -0.15) is 5.10 Å². The van der Waals surface area contributed by atoms with Gasteiger partial charge in [-0.15, -0.1) is 0 Å². The fourth-order valence-electron chi connectivity index (χ4n) is 3.11. The lowest BCUT2D eigenvalue weighted by atomic mass is 10.1. The average molecular weight is 341 g/mol. The Hall–Kier alpha value is -2.83. The number of urea groups is 1. The van der Waals surface area contributed by atoms with Crippen LogP contribution in [0.15, 0.2) is 18.2 Å². The van der Waals surface area contributed by atoms with Crippen LogP contribution in [0, 0.1) is 13.8 Å². The zero-order valence-electron chi connectivity index (χ0n) is 14.8. The average Bonchev–Trinajstić information content (AvgIpc) is 2.73. The second-order valence-corrected chi connectivity index (χ2v) is 6.21. The van der Waals surface area contributed by atoms with Crippen LogP contribution < -0.4 is 16.0 Å². The van der Waals surface area contributed by atoms with Crippen molar-refractivity contribution in [3.63, 3.8) is 0 Å². The minimum Gasteiger partial charge on any atom is -0.326 e. The van der Waals surface area contributed by atoms with Gasteiger partial charge in [-0.1, -0.05) is 0 Å². The van der Waals surface area contributed by atoms with Crippen LogP contribution in [0.2, 0.25) is 0 Å². The summed E-state index contributed by atoms with van der Waals surface area (Å²) in [6.07, 6.45) is 2.15. The molecule has 0 fully saturated rings. The van der Waals surface area contributed by atoms with Crippen molar-refractivity contribution >= 4 is 29.0 Å². The summed E-state index contributed by atoms with van der Waals surface area (Å²) < 4.78 is 1.86. The number of hydrogen-bond acceptors (Lipinski definition) is 3. The summed E-state index contributed by atoms with van der Waals surface area (Å²) in [7, 11) is 0. The van der Waals surface area contributed by atoms with Gasteiger partial charge in [-0.25, -0.2) is 4.79 Å². The summed E-state index contributed by atoms with van der Waals surface area (Å²) in [4.78, 5) is 23.9. The maximum atomic E-state index is 12.3. The largest absolute Gasteiger partial charge is 0.326 e. The van der Waals surface area contributed by atoms with Crippen LogP contribution >= 0.6 is 0 Å². The highest BCUT2D eigenvalue weighted by Gasteiger charge is 2.15. The summed E-state index contributed by atoms with van der Waals surface area (Å²) in [5, 5.41) is 13.0. The van der Waals surface area contributed by atoms with Crippen LogP contribution in [0.1, 0.15) is 36.7 Å². The Bertz CT molecular complexity index is 825. The minimum absolute atomic E-state index is 0.0380. The first-order valence-corrected chi connectivity index (χ1v) is 8.52. The van der Waals surface area contributed by atoms with E-state index in [1.54, 1.807) is 6.07 Å². The van der Waals surface area contributed by atoms with Crippen molar-refractivity contribution in [2.75, 3.05) is 16.0 Å². The van der Waals surface area contributed by atoms with Crippen LogP contribution in [0.3, 0.4) is 0 Å². The molecule has 1 aliphatic rings. The van der Waals surface area contributed by atoms with E-state index in [0.717, 1.165) is 47.7 Å². The lowest BCUT2D eigenvalue weighted by Gasteiger charge is -2.11. The zero-order valence-corrected chi connectivity index (χ0v) is 14.8. The number of hydrogen-bond donors (Lipinski definition) is 3. The van der Waals surface area contributed by atoms with Gasteiger partial charge in [0.25, 0.3) is 0 Å². The highest BCUT2D eigenvalue weighted by Crippen LogP contribution is 2.26. The fourth-order valence-corrected chi connectivity index (χ4v) is 3.11. The number of benzene rings is 1. The minimum atomic E-state index is -0.306. The first kappa shape index (κ1) is 17.0. The summed E-state index contributed by atoms with van der Waals surface area (Å²) >= 11 is 0. The molecule has 0 unspecified atom stereocenters. The lowest BCUT2D eigenvalue weighted by Crippen LogP contribution is -2.20. The van der Waals surface area contributed by atoms with E-state index < -0.39 is 0 Å². The summed E-state index contributed by atoms with van der Waals surface area (Å²) in [6.45, 7) is 6.58. The molecule has 1 aliphatic heterocycles. The highest BCUT2D eigenvalue weighted by molar-refractivity contribution is 6.01. The van der Waals surface area contributed by atoms with Crippen LogP contribution in [-0.4, -0.2) is 21.7 Å². The molecule has 1 aromatic carbocycles. The number of aromatic nitrogens is 2. The summed E-state index contributed by atoms with van der Waals surface area (Å²) in [5.74, 6) is 0.0380. The molecule has 2 aromatic rings. The van der Waals surface area contributed by atoms with Crippen LogP contribution in [0.4, 0.5) is 21.9 Å². The molecule has 0 atom stereocenters. The summed E-state index contributed by atoms with van der Waals surface area (Å²) in [5.41, 5.74) is 5.02. The Balaban J connectivity index is 1.72. The standard InChI is InChI=1S/C18H23N5O2/c1-4-23-12(3)17(11(2)22-23)21-18(25)19-14-8-9-15-13(10-14)6-5-7-16(24)20-15/h8-10H,4-7H2,1-3H3,(H,20,24)(H2,19,21,25). The Morgan fingerprint density at radius 1 is 1.28 bits per heavy atom. The topological polar surface area (TPSA) is 88.1 Å². The smallest absolute Gasteiger partial charge is 0.323 e. The van der Waals surface area contributed by atoms with Gasteiger partial charge in [0, 0.05) is 24.3 Å². The van der Waals surface area contributed by atoms with Crippen molar-refractivity contribution in [1.82, 2.24) is 9.78 Å². The molecule has 3 rings (SSSR count). The molecule has 7 heteroatoms. The van der Waals surface area contributed by atoms with Gasteiger partial charge in [0.2, 0.25) is 5.91 Å². The zero-order chi connectivity index (χ0) is 18.0. The van der Waals surface area contributed by atoms with Crippen molar-refractivity contribution < 1.29 is 9.59 Å². The second kappa shape index (κ2) is 6.96.